The van der Waals surface area contributed by atoms with E-state index in [0.717, 1.165) is 5.17 Å². The number of nitrogens with one attached hydrogen (secondary N) is 1. The molecule has 1 amide bonds. The lowest BCUT2D eigenvalue weighted by molar-refractivity contribution is -0.120. The van der Waals surface area contributed by atoms with Crippen molar-refractivity contribution in [2.24, 2.45) is 10.9 Å². The Bertz CT molecular complexity index is 537. The van der Waals surface area contributed by atoms with Crippen LogP contribution in [0.2, 0.25) is 0 Å². The van der Waals surface area contributed by atoms with Crippen molar-refractivity contribution in [2.45, 2.75) is 44.9 Å². The minimum Gasteiger partial charge on any atom is -0.356 e. The lowest BCUT2D eigenvalue weighted by atomic mass is 9.95. The molecule has 0 spiro atoms. The molecule has 0 fully saturated rings. The van der Waals surface area contributed by atoms with Crippen LogP contribution in [-0.2, 0) is 10.3 Å². The zero-order valence-corrected chi connectivity index (χ0v) is 13.5. The van der Waals surface area contributed by atoms with Gasteiger partial charge in [-0.05, 0) is 32.3 Å². The summed E-state index contributed by atoms with van der Waals surface area (Å²) in [5, 5.41) is 4.13. The standard InChI is InChI=1S/C16H22N2OS/c1-11(2)16(5)13(19)17-14(20-16)18-15(3,4)12-9-7-6-8-10-12/h6-11H,1-5H3,(H,17,18,19). The van der Waals surface area contributed by atoms with Crippen molar-refractivity contribution in [3.8, 4) is 0 Å². The molecule has 1 atom stereocenters. The molecule has 0 aliphatic carbocycles. The first-order chi connectivity index (χ1) is 9.25. The van der Waals surface area contributed by atoms with Crippen molar-refractivity contribution in [3.63, 3.8) is 0 Å². The third-order valence-corrected chi connectivity index (χ3v) is 5.41. The van der Waals surface area contributed by atoms with Crippen LogP contribution < -0.4 is 5.32 Å². The number of rotatable bonds is 3. The fourth-order valence-corrected chi connectivity index (χ4v) is 3.29. The summed E-state index contributed by atoms with van der Waals surface area (Å²) in [6, 6.07) is 10.2. The fraction of sp³-hybridized carbons (Fsp3) is 0.500. The van der Waals surface area contributed by atoms with Crippen LogP contribution in [0.25, 0.3) is 0 Å². The molecule has 1 heterocycles. The number of amidine groups is 1. The van der Waals surface area contributed by atoms with Gasteiger partial charge in [-0.2, -0.15) is 4.99 Å². The first kappa shape index (κ1) is 15.1. The lowest BCUT2D eigenvalue weighted by Crippen LogP contribution is -2.40. The predicted octanol–water partition coefficient (Wildman–Crippen LogP) is 3.56. The molecule has 1 unspecified atom stereocenters. The van der Waals surface area contributed by atoms with E-state index in [9.17, 15) is 4.79 Å². The normalized spacial score (nSPS) is 23.1. The van der Waals surface area contributed by atoms with E-state index in [0.29, 0.717) is 0 Å². The number of aliphatic imine (C=N–C) groups is 1. The topological polar surface area (TPSA) is 41.5 Å². The number of carbonyl (C=O) groups is 1. The highest BCUT2D eigenvalue weighted by Crippen LogP contribution is 2.40. The third kappa shape index (κ3) is 2.75. The second-order valence-corrected chi connectivity index (χ2v) is 7.64. The lowest BCUT2D eigenvalue weighted by Gasteiger charge is -2.29. The second kappa shape index (κ2) is 5.24. The Balaban J connectivity index is 2.16. The van der Waals surface area contributed by atoms with Gasteiger partial charge in [-0.25, -0.2) is 0 Å². The summed E-state index contributed by atoms with van der Waals surface area (Å²) < 4.78 is -0.449. The van der Waals surface area contributed by atoms with Crippen LogP contribution in [-0.4, -0.2) is 15.8 Å². The van der Waals surface area contributed by atoms with Gasteiger partial charge in [-0.15, -0.1) is 0 Å². The summed E-state index contributed by atoms with van der Waals surface area (Å²) in [6.07, 6.45) is 0. The fourth-order valence-electron chi connectivity index (χ4n) is 2.08. The summed E-state index contributed by atoms with van der Waals surface area (Å²) in [7, 11) is 0. The van der Waals surface area contributed by atoms with E-state index in [1.165, 1.54) is 5.56 Å². The molecule has 0 aromatic heterocycles. The van der Waals surface area contributed by atoms with Crippen molar-refractivity contribution >= 4 is 22.8 Å². The van der Waals surface area contributed by atoms with E-state index < -0.39 is 4.75 Å². The molecule has 2 rings (SSSR count). The van der Waals surface area contributed by atoms with Gasteiger partial charge in [0.25, 0.3) is 5.91 Å². The van der Waals surface area contributed by atoms with Crippen molar-refractivity contribution < 1.29 is 4.79 Å². The predicted molar refractivity (Wildman–Crippen MR) is 85.9 cm³/mol. The number of benzene rings is 1. The molecule has 1 N–H and O–H groups in total. The van der Waals surface area contributed by atoms with Gasteiger partial charge in [0.15, 0.2) is 5.17 Å². The Kier molecular flexibility index (Phi) is 3.96. The molecule has 0 radical (unpaired) electrons. The van der Waals surface area contributed by atoms with E-state index in [1.54, 1.807) is 11.8 Å². The number of carbonyl (C=O) groups excluding carboxylic acids is 1. The maximum absolute atomic E-state index is 12.1. The highest BCUT2D eigenvalue weighted by molar-refractivity contribution is 8.16. The summed E-state index contributed by atoms with van der Waals surface area (Å²) in [6.45, 7) is 10.3. The number of hydrogen-bond donors (Lipinski definition) is 1. The molecular weight excluding hydrogens is 268 g/mol. The van der Waals surface area contributed by atoms with Crippen LogP contribution in [0.15, 0.2) is 35.3 Å². The smallest absolute Gasteiger partial charge is 0.264 e. The summed E-state index contributed by atoms with van der Waals surface area (Å²) in [5.74, 6) is 0.215. The molecule has 1 aromatic rings. The van der Waals surface area contributed by atoms with E-state index >= 15 is 0 Å². The molecule has 1 aliphatic rings. The molecule has 0 bridgehead atoms. The Morgan fingerprint density at radius 1 is 1.25 bits per heavy atom. The van der Waals surface area contributed by atoms with Gasteiger partial charge in [0, 0.05) is 0 Å². The van der Waals surface area contributed by atoms with Crippen LogP contribution in [0, 0.1) is 5.92 Å². The number of amides is 1. The van der Waals surface area contributed by atoms with E-state index in [1.807, 2.05) is 25.1 Å². The number of hydrogen-bond acceptors (Lipinski definition) is 3. The highest BCUT2D eigenvalue weighted by Gasteiger charge is 2.44. The first-order valence-electron chi connectivity index (χ1n) is 6.91. The average Bonchev–Trinajstić information content (AvgIpc) is 2.66. The SMILES string of the molecule is CC(C)C1(C)SC(NC(C)(C)c2ccccc2)=NC1=O. The van der Waals surface area contributed by atoms with Crippen molar-refractivity contribution in [1.82, 2.24) is 5.32 Å². The van der Waals surface area contributed by atoms with Crippen LogP contribution in [0.4, 0.5) is 0 Å². The van der Waals surface area contributed by atoms with Crippen LogP contribution in [0.3, 0.4) is 0 Å². The molecule has 0 saturated heterocycles. The summed E-state index contributed by atoms with van der Waals surface area (Å²) in [4.78, 5) is 16.3. The van der Waals surface area contributed by atoms with Gasteiger partial charge in [0.2, 0.25) is 0 Å². The molecule has 108 valence electrons. The maximum atomic E-state index is 12.1. The maximum Gasteiger partial charge on any atom is 0.264 e. The van der Waals surface area contributed by atoms with Crippen molar-refractivity contribution in [3.05, 3.63) is 35.9 Å². The van der Waals surface area contributed by atoms with Gasteiger partial charge >= 0.3 is 0 Å². The van der Waals surface area contributed by atoms with E-state index in [2.05, 4.69) is 50.1 Å². The van der Waals surface area contributed by atoms with Crippen molar-refractivity contribution in [1.29, 1.82) is 0 Å². The third-order valence-electron chi connectivity index (χ3n) is 3.95. The molecular formula is C16H22N2OS. The van der Waals surface area contributed by atoms with Gasteiger partial charge in [-0.1, -0.05) is 55.9 Å². The van der Waals surface area contributed by atoms with Crippen LogP contribution >= 0.6 is 11.8 Å². The van der Waals surface area contributed by atoms with E-state index in [4.69, 9.17) is 0 Å². The molecule has 0 saturated carbocycles. The van der Waals surface area contributed by atoms with Gasteiger partial charge < -0.3 is 5.32 Å². The second-order valence-electron chi connectivity index (χ2n) is 6.20. The minimum atomic E-state index is -0.449. The first-order valence-corrected chi connectivity index (χ1v) is 7.73. The Morgan fingerprint density at radius 3 is 2.35 bits per heavy atom. The average molecular weight is 290 g/mol. The van der Waals surface area contributed by atoms with Gasteiger partial charge in [-0.3, -0.25) is 4.79 Å². The van der Waals surface area contributed by atoms with Gasteiger partial charge in [0.05, 0.1) is 5.54 Å². The molecule has 1 aliphatic heterocycles. The number of thioether (sulfide) groups is 1. The summed E-state index contributed by atoms with van der Waals surface area (Å²) in [5.41, 5.74) is 0.921. The Morgan fingerprint density at radius 2 is 1.85 bits per heavy atom. The monoisotopic (exact) mass is 290 g/mol. The molecule has 3 nitrogen and oxygen atoms in total. The van der Waals surface area contributed by atoms with Crippen LogP contribution in [0.5, 0.6) is 0 Å². The van der Waals surface area contributed by atoms with Crippen molar-refractivity contribution in [2.75, 3.05) is 0 Å². The molecule has 20 heavy (non-hydrogen) atoms. The molecule has 1 aromatic carbocycles. The Hall–Kier alpha value is -1.29. The van der Waals surface area contributed by atoms with Crippen LogP contribution in [0.1, 0.15) is 40.2 Å². The Labute approximate surface area is 125 Å². The quantitative estimate of drug-likeness (QED) is 0.925. The largest absolute Gasteiger partial charge is 0.356 e. The molecule has 4 heteroatoms. The zero-order valence-electron chi connectivity index (χ0n) is 12.7. The number of nitrogens with zero attached hydrogens (tertiary/aromatic N) is 1. The van der Waals surface area contributed by atoms with Gasteiger partial charge in [0.1, 0.15) is 4.75 Å². The minimum absolute atomic E-state index is 0.0381. The summed E-state index contributed by atoms with van der Waals surface area (Å²) >= 11 is 1.54. The highest BCUT2D eigenvalue weighted by atomic mass is 32.2. The van der Waals surface area contributed by atoms with E-state index in [-0.39, 0.29) is 17.4 Å². The zero-order chi connectivity index (χ0) is 15.0.